The Balaban J connectivity index is 1.38. The minimum Gasteiger partial charge on any atom is -0.355 e. The fraction of sp³-hybridized carbons (Fsp3) is 0.455. The zero-order valence-electron chi connectivity index (χ0n) is 17.0. The van der Waals surface area contributed by atoms with Crippen molar-refractivity contribution in [3.05, 3.63) is 53.0 Å². The van der Waals surface area contributed by atoms with E-state index < -0.39 is 0 Å². The quantitative estimate of drug-likeness (QED) is 0.859. The van der Waals surface area contributed by atoms with E-state index in [4.69, 9.17) is 0 Å². The molecule has 2 aliphatic rings. The Hall–Kier alpha value is -2.96. The molecule has 152 valence electrons. The van der Waals surface area contributed by atoms with E-state index in [1.54, 1.807) is 12.3 Å². The highest BCUT2D eigenvalue weighted by Crippen LogP contribution is 2.23. The van der Waals surface area contributed by atoms with Gasteiger partial charge in [-0.05, 0) is 43.0 Å². The molecule has 4 rings (SSSR count). The molecule has 29 heavy (non-hydrogen) atoms. The second kappa shape index (κ2) is 8.19. The third-order valence-corrected chi connectivity index (χ3v) is 5.82. The molecule has 0 radical (unpaired) electrons. The van der Waals surface area contributed by atoms with Gasteiger partial charge in [-0.15, -0.1) is 0 Å². The average Bonchev–Trinajstić information content (AvgIpc) is 3.19. The molecule has 2 aromatic rings. The van der Waals surface area contributed by atoms with Crippen molar-refractivity contribution >= 4 is 17.6 Å². The van der Waals surface area contributed by atoms with Crippen molar-refractivity contribution in [2.45, 2.75) is 32.6 Å². The monoisotopic (exact) mass is 393 g/mol. The molecule has 1 N–H and O–H groups in total. The lowest BCUT2D eigenvalue weighted by Gasteiger charge is -2.36. The number of hydrogen-bond acceptors (Lipinski definition) is 5. The van der Waals surface area contributed by atoms with E-state index in [0.717, 1.165) is 37.4 Å². The van der Waals surface area contributed by atoms with Crippen LogP contribution in [0.5, 0.6) is 0 Å². The molecular formula is C22H27N5O2. The first kappa shape index (κ1) is 19.4. The topological polar surface area (TPSA) is 78.4 Å². The van der Waals surface area contributed by atoms with E-state index >= 15 is 0 Å². The largest absolute Gasteiger partial charge is 0.355 e. The molecule has 0 aliphatic carbocycles. The van der Waals surface area contributed by atoms with Crippen molar-refractivity contribution in [3.63, 3.8) is 0 Å². The molecule has 0 spiro atoms. The maximum absolute atomic E-state index is 12.9. The number of pyridine rings is 2. The van der Waals surface area contributed by atoms with Crippen LogP contribution in [0.25, 0.3) is 0 Å². The van der Waals surface area contributed by atoms with Crippen molar-refractivity contribution < 1.29 is 9.59 Å². The van der Waals surface area contributed by atoms with Gasteiger partial charge in [0.05, 0.1) is 17.2 Å². The fourth-order valence-electron chi connectivity index (χ4n) is 4.07. The number of aryl methyl sites for hydroxylation is 2. The van der Waals surface area contributed by atoms with Crippen LogP contribution in [0.4, 0.5) is 5.82 Å². The molecule has 4 heterocycles. The Morgan fingerprint density at radius 1 is 1.17 bits per heavy atom. The summed E-state index contributed by atoms with van der Waals surface area (Å²) in [5, 5.41) is 2.82. The van der Waals surface area contributed by atoms with Gasteiger partial charge in [0.15, 0.2) is 0 Å². The summed E-state index contributed by atoms with van der Waals surface area (Å²) in [6.07, 6.45) is 5.28. The highest BCUT2D eigenvalue weighted by Gasteiger charge is 2.28. The lowest BCUT2D eigenvalue weighted by atomic mass is 10.0. The van der Waals surface area contributed by atoms with E-state index in [9.17, 15) is 9.59 Å². The highest BCUT2D eigenvalue weighted by atomic mass is 16.2. The molecule has 7 heteroatoms. The normalized spacial score (nSPS) is 19.4. The lowest BCUT2D eigenvalue weighted by Crippen LogP contribution is -2.49. The van der Waals surface area contributed by atoms with Crippen LogP contribution in [0.15, 0.2) is 30.6 Å². The number of nitrogens with one attached hydrogen (secondary N) is 1. The number of amides is 2. The molecule has 2 saturated heterocycles. The first-order chi connectivity index (χ1) is 14.1. The Morgan fingerprint density at radius 3 is 2.55 bits per heavy atom. The molecule has 0 saturated carbocycles. The van der Waals surface area contributed by atoms with Crippen LogP contribution in [0.3, 0.4) is 0 Å². The second-order valence-corrected chi connectivity index (χ2v) is 7.72. The Morgan fingerprint density at radius 2 is 1.97 bits per heavy atom. The van der Waals surface area contributed by atoms with Crippen LogP contribution >= 0.6 is 0 Å². The van der Waals surface area contributed by atoms with Gasteiger partial charge in [0.2, 0.25) is 5.91 Å². The Bertz CT molecular complexity index is 904. The predicted molar refractivity (Wildman–Crippen MR) is 111 cm³/mol. The zero-order valence-corrected chi connectivity index (χ0v) is 17.0. The zero-order chi connectivity index (χ0) is 20.4. The summed E-state index contributed by atoms with van der Waals surface area (Å²) in [5.41, 5.74) is 3.73. The molecule has 0 bridgehead atoms. The molecule has 2 aromatic heterocycles. The first-order valence-corrected chi connectivity index (χ1v) is 10.3. The summed E-state index contributed by atoms with van der Waals surface area (Å²) in [6.45, 7) is 7.75. The second-order valence-electron chi connectivity index (χ2n) is 7.72. The summed E-state index contributed by atoms with van der Waals surface area (Å²) in [7, 11) is 0. The summed E-state index contributed by atoms with van der Waals surface area (Å²) in [6, 6.07) is 5.79. The third kappa shape index (κ3) is 3.95. The Kier molecular flexibility index (Phi) is 5.47. The van der Waals surface area contributed by atoms with Gasteiger partial charge in [-0.1, -0.05) is 13.0 Å². The van der Waals surface area contributed by atoms with Crippen LogP contribution in [-0.4, -0.2) is 59.4 Å². The summed E-state index contributed by atoms with van der Waals surface area (Å²) < 4.78 is 0. The number of nitrogens with zero attached hydrogens (tertiary/aromatic N) is 4. The van der Waals surface area contributed by atoms with Gasteiger partial charge >= 0.3 is 0 Å². The summed E-state index contributed by atoms with van der Waals surface area (Å²) >= 11 is 0. The van der Waals surface area contributed by atoms with Gasteiger partial charge in [-0.3, -0.25) is 14.6 Å². The molecule has 1 unspecified atom stereocenters. The van der Waals surface area contributed by atoms with Crippen LogP contribution in [0, 0.1) is 6.92 Å². The maximum Gasteiger partial charge on any atom is 0.255 e. The van der Waals surface area contributed by atoms with E-state index in [2.05, 4.69) is 40.1 Å². The van der Waals surface area contributed by atoms with Gasteiger partial charge in [0.1, 0.15) is 5.82 Å². The molecule has 1 atom stereocenters. The molecule has 0 aromatic carbocycles. The van der Waals surface area contributed by atoms with Crippen molar-refractivity contribution in [3.8, 4) is 0 Å². The molecular weight excluding hydrogens is 366 g/mol. The van der Waals surface area contributed by atoms with E-state index in [1.165, 1.54) is 11.1 Å². The van der Waals surface area contributed by atoms with Crippen molar-refractivity contribution in [2.24, 2.45) is 0 Å². The minimum absolute atomic E-state index is 0.00872. The van der Waals surface area contributed by atoms with Crippen molar-refractivity contribution in [2.75, 3.05) is 37.6 Å². The number of anilines is 1. The molecule has 2 aliphatic heterocycles. The Labute approximate surface area is 171 Å². The number of piperazine rings is 1. The van der Waals surface area contributed by atoms with Crippen LogP contribution in [0.1, 0.15) is 46.4 Å². The van der Waals surface area contributed by atoms with Gasteiger partial charge < -0.3 is 15.1 Å². The molecule has 7 nitrogen and oxygen atoms in total. The number of aromatic nitrogens is 2. The minimum atomic E-state index is -0.197. The first-order valence-electron chi connectivity index (χ1n) is 10.3. The van der Waals surface area contributed by atoms with E-state index in [1.807, 2.05) is 17.2 Å². The van der Waals surface area contributed by atoms with Crippen LogP contribution in [0.2, 0.25) is 0 Å². The van der Waals surface area contributed by atoms with E-state index in [-0.39, 0.29) is 17.7 Å². The maximum atomic E-state index is 12.9. The number of carbonyl (C=O) groups excluding carboxylic acids is 2. The van der Waals surface area contributed by atoms with Gasteiger partial charge in [0.25, 0.3) is 5.91 Å². The third-order valence-electron chi connectivity index (χ3n) is 5.82. The van der Waals surface area contributed by atoms with Gasteiger partial charge in [-0.2, -0.15) is 0 Å². The number of rotatable bonds is 4. The van der Waals surface area contributed by atoms with Gasteiger partial charge in [-0.25, -0.2) is 4.98 Å². The highest BCUT2D eigenvalue weighted by molar-refractivity contribution is 5.94. The molecule has 2 amide bonds. The fourth-order valence-corrected chi connectivity index (χ4v) is 4.07. The van der Waals surface area contributed by atoms with Gasteiger partial charge in [0, 0.05) is 45.1 Å². The standard InChI is InChI=1S/C22H27N5O2/c1-3-16-12-15(2)20(25-13-16)26-8-10-27(11-9-26)22(29)17-4-5-19(24-14-17)18-6-7-23-21(18)28/h4-5,12-14,18H,3,6-11H2,1-2H3,(H,23,28). The summed E-state index contributed by atoms with van der Waals surface area (Å²) in [4.78, 5) is 37.8. The van der Waals surface area contributed by atoms with Crippen LogP contribution in [-0.2, 0) is 11.2 Å². The van der Waals surface area contributed by atoms with E-state index in [0.29, 0.717) is 25.2 Å². The summed E-state index contributed by atoms with van der Waals surface area (Å²) in [5.74, 6) is 0.821. The smallest absolute Gasteiger partial charge is 0.255 e. The number of hydrogen-bond donors (Lipinski definition) is 1. The SMILES string of the molecule is CCc1cnc(N2CCN(C(=O)c3ccc(C4CCNC4=O)nc3)CC2)c(C)c1. The molecule has 2 fully saturated rings. The van der Waals surface area contributed by atoms with Crippen molar-refractivity contribution in [1.29, 1.82) is 0 Å². The van der Waals surface area contributed by atoms with Crippen molar-refractivity contribution in [1.82, 2.24) is 20.2 Å². The number of carbonyl (C=O) groups is 2. The predicted octanol–water partition coefficient (Wildman–Crippen LogP) is 1.91. The lowest BCUT2D eigenvalue weighted by molar-refractivity contribution is -0.120. The van der Waals surface area contributed by atoms with Crippen LogP contribution < -0.4 is 10.2 Å². The average molecular weight is 393 g/mol.